The normalized spacial score (nSPS) is 12.4. The third kappa shape index (κ3) is 4.89. The molecule has 0 aliphatic heterocycles. The zero-order valence-corrected chi connectivity index (χ0v) is 12.8. The van der Waals surface area contributed by atoms with Crippen molar-refractivity contribution in [3.05, 3.63) is 23.0 Å². The van der Waals surface area contributed by atoms with Gasteiger partial charge >= 0.3 is 5.97 Å². The minimum atomic E-state index is -0.816. The molecule has 1 aromatic rings. The molecule has 0 radical (unpaired) electrons. The Hall–Kier alpha value is -1.49. The maximum atomic E-state index is 12.2. The lowest BCUT2D eigenvalue weighted by Gasteiger charge is -2.16. The monoisotopic (exact) mass is 300 g/mol. The quantitative estimate of drug-likeness (QED) is 0.813. The fourth-order valence-corrected chi connectivity index (χ4v) is 2.19. The summed E-state index contributed by atoms with van der Waals surface area (Å²) in [6, 6.07) is 1.71. The first kappa shape index (κ1) is 16.6. The van der Waals surface area contributed by atoms with Crippen LogP contribution in [0.4, 0.5) is 0 Å². The van der Waals surface area contributed by atoms with E-state index >= 15 is 0 Å². The summed E-state index contributed by atoms with van der Waals surface area (Å²) in [6.45, 7) is 5.82. The topological polar surface area (TPSA) is 71.3 Å². The molecule has 0 saturated carbocycles. The summed E-state index contributed by atoms with van der Waals surface area (Å²) in [7, 11) is 0. The first-order chi connectivity index (χ1) is 9.31. The molecule has 0 spiro atoms. The number of hydrogen-bond acceptors (Lipinski definition) is 2. The lowest BCUT2D eigenvalue weighted by molar-refractivity contribution is -0.137. The minimum absolute atomic E-state index is 0.0730. The van der Waals surface area contributed by atoms with Crippen molar-refractivity contribution in [3.8, 4) is 0 Å². The van der Waals surface area contributed by atoms with Crippen molar-refractivity contribution in [3.63, 3.8) is 0 Å². The van der Waals surface area contributed by atoms with E-state index in [-0.39, 0.29) is 24.4 Å². The molecular formula is C14H21ClN2O3. The fraction of sp³-hybridized carbons (Fsp3) is 0.571. The van der Waals surface area contributed by atoms with Gasteiger partial charge in [-0.3, -0.25) is 9.59 Å². The number of amides is 1. The average molecular weight is 301 g/mol. The van der Waals surface area contributed by atoms with Gasteiger partial charge in [0.15, 0.2) is 0 Å². The number of aromatic nitrogens is 1. The minimum Gasteiger partial charge on any atom is -0.481 e. The van der Waals surface area contributed by atoms with Crippen LogP contribution >= 0.6 is 11.6 Å². The molecule has 0 aliphatic rings. The van der Waals surface area contributed by atoms with Gasteiger partial charge in [0.1, 0.15) is 5.69 Å². The van der Waals surface area contributed by atoms with Crippen LogP contribution in [0.5, 0.6) is 0 Å². The van der Waals surface area contributed by atoms with Gasteiger partial charge in [-0.2, -0.15) is 0 Å². The van der Waals surface area contributed by atoms with E-state index < -0.39 is 5.97 Å². The summed E-state index contributed by atoms with van der Waals surface area (Å²) < 4.78 is 1.82. The predicted octanol–water partition coefficient (Wildman–Crippen LogP) is 3.10. The second-order valence-electron chi connectivity index (χ2n) is 5.21. The van der Waals surface area contributed by atoms with Crippen molar-refractivity contribution in [1.29, 1.82) is 0 Å². The number of halogens is 1. The van der Waals surface area contributed by atoms with Crippen LogP contribution in [0.15, 0.2) is 12.3 Å². The first-order valence-corrected chi connectivity index (χ1v) is 7.09. The van der Waals surface area contributed by atoms with Gasteiger partial charge in [-0.25, -0.2) is 0 Å². The molecule has 112 valence electrons. The van der Waals surface area contributed by atoms with Crippen molar-refractivity contribution < 1.29 is 14.7 Å². The van der Waals surface area contributed by atoms with Crippen LogP contribution in [0.1, 0.15) is 56.6 Å². The molecule has 1 aromatic heterocycles. The maximum absolute atomic E-state index is 12.2. The highest BCUT2D eigenvalue weighted by atomic mass is 35.5. The van der Waals surface area contributed by atoms with Gasteiger partial charge in [0.05, 0.1) is 5.02 Å². The van der Waals surface area contributed by atoms with Crippen molar-refractivity contribution in [2.45, 2.75) is 52.1 Å². The average Bonchev–Trinajstić information content (AvgIpc) is 2.71. The molecule has 0 saturated heterocycles. The summed E-state index contributed by atoms with van der Waals surface area (Å²) >= 11 is 5.94. The van der Waals surface area contributed by atoms with E-state index in [0.29, 0.717) is 23.6 Å². The fourth-order valence-electron chi connectivity index (χ4n) is 1.98. The first-order valence-electron chi connectivity index (χ1n) is 6.71. The molecule has 1 unspecified atom stereocenters. The van der Waals surface area contributed by atoms with Crippen LogP contribution in [-0.4, -0.2) is 27.6 Å². The Morgan fingerprint density at radius 3 is 2.60 bits per heavy atom. The summed E-state index contributed by atoms with van der Waals surface area (Å²) in [5.41, 5.74) is 0.523. The highest BCUT2D eigenvalue weighted by molar-refractivity contribution is 6.31. The van der Waals surface area contributed by atoms with Crippen LogP contribution in [0.25, 0.3) is 0 Å². The molecule has 6 heteroatoms. The van der Waals surface area contributed by atoms with E-state index in [2.05, 4.69) is 5.32 Å². The van der Waals surface area contributed by atoms with Crippen LogP contribution in [0.3, 0.4) is 0 Å². The van der Waals surface area contributed by atoms with E-state index in [1.807, 2.05) is 25.3 Å². The Kier molecular flexibility index (Phi) is 6.07. The van der Waals surface area contributed by atoms with Gasteiger partial charge in [0.25, 0.3) is 5.91 Å². The van der Waals surface area contributed by atoms with E-state index in [1.165, 1.54) is 0 Å². The summed E-state index contributed by atoms with van der Waals surface area (Å²) in [4.78, 5) is 22.6. The maximum Gasteiger partial charge on any atom is 0.303 e. The van der Waals surface area contributed by atoms with Crippen molar-refractivity contribution in [1.82, 2.24) is 9.88 Å². The number of carbonyl (C=O) groups excluding carboxylic acids is 1. The zero-order chi connectivity index (χ0) is 15.3. The lowest BCUT2D eigenvalue weighted by atomic mass is 10.1. The number of nitrogens with one attached hydrogen (secondary N) is 1. The Balaban J connectivity index is 2.60. The van der Waals surface area contributed by atoms with Crippen molar-refractivity contribution >= 4 is 23.5 Å². The van der Waals surface area contributed by atoms with E-state index in [9.17, 15) is 9.59 Å². The van der Waals surface area contributed by atoms with Crippen molar-refractivity contribution in [2.75, 3.05) is 0 Å². The lowest BCUT2D eigenvalue weighted by Crippen LogP contribution is -2.34. The standard InChI is InChI=1S/C14H21ClN2O3/c1-9(2)17-8-11(15)7-12(17)14(20)16-10(3)5-4-6-13(18)19/h7-10H,4-6H2,1-3H3,(H,16,20)(H,18,19). The third-order valence-corrected chi connectivity index (χ3v) is 3.22. The molecule has 20 heavy (non-hydrogen) atoms. The highest BCUT2D eigenvalue weighted by Gasteiger charge is 2.16. The highest BCUT2D eigenvalue weighted by Crippen LogP contribution is 2.19. The molecule has 0 bridgehead atoms. The van der Waals surface area contributed by atoms with Crippen LogP contribution in [-0.2, 0) is 4.79 Å². The van der Waals surface area contributed by atoms with E-state index in [0.717, 1.165) is 0 Å². The SMILES string of the molecule is CC(CCCC(=O)O)NC(=O)c1cc(Cl)cn1C(C)C. The third-order valence-electron chi connectivity index (χ3n) is 3.01. The predicted molar refractivity (Wildman–Crippen MR) is 78.2 cm³/mol. The van der Waals surface area contributed by atoms with E-state index in [4.69, 9.17) is 16.7 Å². The van der Waals surface area contributed by atoms with E-state index in [1.54, 1.807) is 12.3 Å². The number of carboxylic acids is 1. The van der Waals surface area contributed by atoms with Gasteiger partial charge in [0.2, 0.25) is 0 Å². The summed E-state index contributed by atoms with van der Waals surface area (Å²) in [6.07, 6.45) is 3.03. The second-order valence-corrected chi connectivity index (χ2v) is 5.64. The van der Waals surface area contributed by atoms with Gasteiger partial charge in [-0.15, -0.1) is 0 Å². The molecule has 1 atom stereocenters. The number of hydrogen-bond donors (Lipinski definition) is 2. The Bertz CT molecular complexity index is 483. The molecule has 0 aromatic carbocycles. The number of rotatable bonds is 7. The molecule has 1 amide bonds. The number of carbonyl (C=O) groups is 2. The van der Waals surface area contributed by atoms with Gasteiger partial charge < -0.3 is 15.0 Å². The Labute approximate surface area is 123 Å². The molecule has 2 N–H and O–H groups in total. The number of aliphatic carboxylic acids is 1. The zero-order valence-electron chi connectivity index (χ0n) is 12.0. The molecular weight excluding hydrogens is 280 g/mol. The second kappa shape index (κ2) is 7.33. The number of carboxylic acid groups (broad SMARTS) is 1. The van der Waals surface area contributed by atoms with Crippen LogP contribution in [0.2, 0.25) is 5.02 Å². The largest absolute Gasteiger partial charge is 0.481 e. The van der Waals surface area contributed by atoms with Crippen molar-refractivity contribution in [2.24, 2.45) is 0 Å². The molecule has 5 nitrogen and oxygen atoms in total. The van der Waals surface area contributed by atoms with Gasteiger partial charge in [-0.05, 0) is 39.7 Å². The molecule has 0 aliphatic carbocycles. The van der Waals surface area contributed by atoms with Gasteiger partial charge in [0, 0.05) is 24.7 Å². The van der Waals surface area contributed by atoms with Crippen LogP contribution < -0.4 is 5.32 Å². The molecule has 1 heterocycles. The number of nitrogens with zero attached hydrogens (tertiary/aromatic N) is 1. The Morgan fingerprint density at radius 1 is 1.40 bits per heavy atom. The van der Waals surface area contributed by atoms with Gasteiger partial charge in [-0.1, -0.05) is 11.6 Å². The van der Waals surface area contributed by atoms with Crippen LogP contribution in [0, 0.1) is 0 Å². The Morgan fingerprint density at radius 2 is 2.05 bits per heavy atom. The molecule has 1 rings (SSSR count). The molecule has 0 fully saturated rings. The summed E-state index contributed by atoms with van der Waals surface area (Å²) in [5, 5.41) is 12.0. The summed E-state index contributed by atoms with van der Waals surface area (Å²) in [5.74, 6) is -1.00. The smallest absolute Gasteiger partial charge is 0.303 e.